The molecule has 5 N–H and O–H groups in total. The number of methoxy groups -OCH3 is 1. The van der Waals surface area contributed by atoms with Crippen LogP contribution in [0, 0.1) is 3.57 Å². The van der Waals surface area contributed by atoms with Crippen molar-refractivity contribution in [1.82, 2.24) is 16.1 Å². The summed E-state index contributed by atoms with van der Waals surface area (Å²) in [7, 11) is 1.27. The molecule has 0 aromatic heterocycles. The molecule has 198 valence electrons. The number of halogens is 2. The second-order valence-electron chi connectivity index (χ2n) is 7.74. The van der Waals surface area contributed by atoms with Gasteiger partial charge in [-0.3, -0.25) is 5.43 Å². The standard InChI is InChI=1S/C24H26BrIN4O7/c1-4-36-18-8-13(21-20(23(33)35-3)12(2)28-24(34)29-21)5-6-17(18)37-11-19(31)30-27-10-14-7-15(25)9-16(26)22(14)32/h5-10,19,21,30-32H,4,11H2,1-3H3,(H2,28,29,34)/b27-10+/t19-,21+/m1/s1. The zero-order chi connectivity index (χ0) is 27.1. The van der Waals surface area contributed by atoms with Gasteiger partial charge in [0.15, 0.2) is 17.7 Å². The number of benzene rings is 2. The zero-order valence-electron chi connectivity index (χ0n) is 20.2. The maximum absolute atomic E-state index is 12.4. The van der Waals surface area contributed by atoms with Gasteiger partial charge in [-0.25, -0.2) is 9.59 Å². The van der Waals surface area contributed by atoms with Crippen molar-refractivity contribution in [2.45, 2.75) is 26.1 Å². The largest absolute Gasteiger partial charge is 0.506 e. The molecule has 0 saturated heterocycles. The Hall–Kier alpha value is -3.04. The van der Waals surface area contributed by atoms with Crippen molar-refractivity contribution in [1.29, 1.82) is 0 Å². The van der Waals surface area contributed by atoms with Gasteiger partial charge >= 0.3 is 12.0 Å². The second-order valence-corrected chi connectivity index (χ2v) is 9.82. The first-order chi connectivity index (χ1) is 17.6. The molecule has 0 fully saturated rings. The molecule has 3 rings (SSSR count). The van der Waals surface area contributed by atoms with Gasteiger partial charge in [0.2, 0.25) is 0 Å². The number of hydrogen-bond acceptors (Lipinski definition) is 9. The number of aromatic hydroxyl groups is 1. The quantitative estimate of drug-likeness (QED) is 0.0840. The fraction of sp³-hybridized carbons (Fsp3) is 0.292. The smallest absolute Gasteiger partial charge is 0.337 e. The Labute approximate surface area is 235 Å². The molecular formula is C24H26BrIN4O7. The maximum Gasteiger partial charge on any atom is 0.337 e. The fourth-order valence-electron chi connectivity index (χ4n) is 3.50. The number of esters is 1. The number of rotatable bonds is 10. The normalized spacial score (nSPS) is 16.2. The van der Waals surface area contributed by atoms with Crippen molar-refractivity contribution < 1.29 is 34.0 Å². The molecule has 11 nitrogen and oxygen atoms in total. The number of aliphatic hydroxyl groups excluding tert-OH is 1. The third-order valence-corrected chi connectivity index (χ3v) is 6.44. The molecule has 0 bridgehead atoms. The lowest BCUT2D eigenvalue weighted by molar-refractivity contribution is -0.136. The summed E-state index contributed by atoms with van der Waals surface area (Å²) in [6.45, 7) is 3.58. The summed E-state index contributed by atoms with van der Waals surface area (Å²) in [4.78, 5) is 24.4. The minimum absolute atomic E-state index is 0.0758. The Morgan fingerprint density at radius 2 is 2.05 bits per heavy atom. The van der Waals surface area contributed by atoms with Crippen LogP contribution in [0.1, 0.15) is 31.0 Å². The van der Waals surface area contributed by atoms with E-state index in [1.54, 1.807) is 44.2 Å². The van der Waals surface area contributed by atoms with Gasteiger partial charge in [-0.15, -0.1) is 0 Å². The van der Waals surface area contributed by atoms with Gasteiger partial charge in [0.25, 0.3) is 0 Å². The van der Waals surface area contributed by atoms with Gasteiger partial charge in [-0.05, 0) is 66.3 Å². The number of aliphatic hydroxyl groups is 1. The summed E-state index contributed by atoms with van der Waals surface area (Å²) in [6, 6.07) is 7.20. The number of carbonyl (C=O) groups excluding carboxylic acids is 2. The Morgan fingerprint density at radius 3 is 2.76 bits per heavy atom. The average molecular weight is 689 g/mol. The van der Waals surface area contributed by atoms with E-state index >= 15 is 0 Å². The first kappa shape index (κ1) is 28.5. The van der Waals surface area contributed by atoms with Crippen LogP contribution in [-0.2, 0) is 9.53 Å². The number of nitrogens with zero attached hydrogens (tertiary/aromatic N) is 1. The fourth-order valence-corrected chi connectivity index (χ4v) is 5.05. The predicted octanol–water partition coefficient (Wildman–Crippen LogP) is 3.28. The van der Waals surface area contributed by atoms with E-state index in [-0.39, 0.29) is 17.9 Å². The molecule has 0 aliphatic carbocycles. The van der Waals surface area contributed by atoms with Gasteiger partial charge in [0.1, 0.15) is 12.4 Å². The summed E-state index contributed by atoms with van der Waals surface area (Å²) >= 11 is 5.36. The first-order valence-electron chi connectivity index (χ1n) is 11.0. The minimum Gasteiger partial charge on any atom is -0.506 e. The number of ether oxygens (including phenoxy) is 3. The van der Waals surface area contributed by atoms with Gasteiger partial charge in [-0.1, -0.05) is 22.0 Å². The monoisotopic (exact) mass is 688 g/mol. The van der Waals surface area contributed by atoms with E-state index in [2.05, 4.69) is 37.1 Å². The highest BCUT2D eigenvalue weighted by molar-refractivity contribution is 14.1. The van der Waals surface area contributed by atoms with Crippen LogP contribution in [0.15, 0.2) is 51.2 Å². The molecule has 37 heavy (non-hydrogen) atoms. The third-order valence-electron chi connectivity index (χ3n) is 5.16. The Kier molecular flexibility index (Phi) is 10.00. The number of carbonyl (C=O) groups is 2. The number of hydrazone groups is 1. The minimum atomic E-state index is -1.17. The molecule has 2 aromatic carbocycles. The SMILES string of the molecule is CCOc1cc([C@@H]2NC(=O)NC(C)=C2C(=O)OC)ccc1OC[C@@H](O)N/N=C/c1cc(Br)cc(I)c1O. The molecule has 2 amide bonds. The highest BCUT2D eigenvalue weighted by Crippen LogP contribution is 2.35. The third kappa shape index (κ3) is 7.26. The van der Waals surface area contributed by atoms with Crippen LogP contribution in [0.2, 0.25) is 0 Å². The van der Waals surface area contributed by atoms with Crippen LogP contribution < -0.4 is 25.5 Å². The van der Waals surface area contributed by atoms with Crippen LogP contribution >= 0.6 is 38.5 Å². The van der Waals surface area contributed by atoms with E-state index in [1.807, 2.05) is 22.6 Å². The highest BCUT2D eigenvalue weighted by Gasteiger charge is 2.32. The lowest BCUT2D eigenvalue weighted by atomic mass is 9.95. The summed E-state index contributed by atoms with van der Waals surface area (Å²) < 4.78 is 17.7. The molecule has 13 heteroatoms. The van der Waals surface area contributed by atoms with Gasteiger partial charge in [0.05, 0.1) is 35.1 Å². The van der Waals surface area contributed by atoms with Gasteiger partial charge < -0.3 is 35.1 Å². The van der Waals surface area contributed by atoms with E-state index in [0.717, 1.165) is 4.47 Å². The van der Waals surface area contributed by atoms with Crippen molar-refractivity contribution in [3.63, 3.8) is 0 Å². The van der Waals surface area contributed by atoms with Crippen molar-refractivity contribution in [2.75, 3.05) is 20.3 Å². The first-order valence-corrected chi connectivity index (χ1v) is 12.9. The van der Waals surface area contributed by atoms with Crippen molar-refractivity contribution in [3.8, 4) is 17.2 Å². The average Bonchev–Trinajstić information content (AvgIpc) is 2.85. The Balaban J connectivity index is 1.72. The van der Waals surface area contributed by atoms with Crippen LogP contribution in [0.25, 0.3) is 0 Å². The van der Waals surface area contributed by atoms with Crippen LogP contribution in [0.5, 0.6) is 17.2 Å². The molecule has 0 saturated carbocycles. The summed E-state index contributed by atoms with van der Waals surface area (Å²) in [5, 5.41) is 29.6. The Morgan fingerprint density at radius 1 is 1.30 bits per heavy atom. The number of amides is 2. The second kappa shape index (κ2) is 13.0. The molecule has 0 radical (unpaired) electrons. The molecule has 0 unspecified atom stereocenters. The molecule has 2 aromatic rings. The van der Waals surface area contributed by atoms with E-state index in [4.69, 9.17) is 14.2 Å². The number of phenols is 1. The Bertz CT molecular complexity index is 1240. The van der Waals surface area contributed by atoms with Gasteiger partial charge in [0, 0.05) is 15.7 Å². The molecule has 1 heterocycles. The molecular weight excluding hydrogens is 663 g/mol. The summed E-state index contributed by atoms with van der Waals surface area (Å²) in [5.74, 6) is 0.204. The number of allylic oxidation sites excluding steroid dienone is 1. The molecule has 1 aliphatic heterocycles. The van der Waals surface area contributed by atoms with E-state index in [9.17, 15) is 19.8 Å². The van der Waals surface area contributed by atoms with Crippen LogP contribution in [-0.4, -0.2) is 55.0 Å². The van der Waals surface area contributed by atoms with Crippen molar-refractivity contribution >= 4 is 56.7 Å². The van der Waals surface area contributed by atoms with E-state index in [1.165, 1.54) is 13.3 Å². The topological polar surface area (TPSA) is 151 Å². The number of nitrogens with one attached hydrogen (secondary N) is 3. The molecule has 1 aliphatic rings. The lowest BCUT2D eigenvalue weighted by Crippen LogP contribution is -2.45. The summed E-state index contributed by atoms with van der Waals surface area (Å²) in [6.07, 6.45) is 0.215. The van der Waals surface area contributed by atoms with Gasteiger partial charge in [-0.2, -0.15) is 5.10 Å². The number of urea groups is 1. The van der Waals surface area contributed by atoms with Crippen molar-refractivity contribution in [3.05, 3.63) is 60.8 Å². The molecule has 2 atom stereocenters. The highest BCUT2D eigenvalue weighted by atomic mass is 127. The van der Waals surface area contributed by atoms with Crippen LogP contribution in [0.4, 0.5) is 4.79 Å². The summed E-state index contributed by atoms with van der Waals surface area (Å²) in [5.41, 5.74) is 4.24. The number of hydrogen-bond donors (Lipinski definition) is 5. The molecule has 0 spiro atoms. The van der Waals surface area contributed by atoms with Crippen molar-refractivity contribution in [2.24, 2.45) is 5.10 Å². The van der Waals surface area contributed by atoms with E-state index in [0.29, 0.717) is 38.5 Å². The zero-order valence-corrected chi connectivity index (χ0v) is 23.9. The maximum atomic E-state index is 12.4. The van der Waals surface area contributed by atoms with Crippen LogP contribution in [0.3, 0.4) is 0 Å². The lowest BCUT2D eigenvalue weighted by Gasteiger charge is -2.28. The van der Waals surface area contributed by atoms with E-state index < -0.39 is 24.3 Å². The number of phenolic OH excluding ortho intramolecular Hbond substituents is 1. The predicted molar refractivity (Wildman–Crippen MR) is 147 cm³/mol.